The zero-order chi connectivity index (χ0) is 13.9. The Balaban J connectivity index is 1.84. The zero-order valence-electron chi connectivity index (χ0n) is 10.6. The molecule has 0 fully saturated rings. The van der Waals surface area contributed by atoms with E-state index >= 15 is 0 Å². The maximum absolute atomic E-state index is 5.89. The molecule has 0 saturated carbocycles. The Kier molecular flexibility index (Phi) is 3.90. The van der Waals surface area contributed by atoms with Gasteiger partial charge in [-0.05, 0) is 29.3 Å². The van der Waals surface area contributed by atoms with Crippen LogP contribution in [0.25, 0.3) is 11.1 Å². The van der Waals surface area contributed by atoms with E-state index in [9.17, 15) is 0 Å². The summed E-state index contributed by atoms with van der Waals surface area (Å²) in [5.41, 5.74) is 3.43. The topological polar surface area (TPSA) is 17.8 Å². The van der Waals surface area contributed by atoms with Gasteiger partial charge in [0.2, 0.25) is 0 Å². The Labute approximate surface area is 131 Å². The third kappa shape index (κ3) is 2.94. The molecule has 0 bridgehead atoms. The molecule has 2 nitrogen and oxygen atoms in total. The number of nitrogens with zero attached hydrogens (tertiary/aromatic N) is 2. The third-order valence-electron chi connectivity index (χ3n) is 3.08. The summed E-state index contributed by atoms with van der Waals surface area (Å²) in [6.45, 7) is 0.738. The molecule has 1 aromatic heterocycles. The van der Waals surface area contributed by atoms with E-state index in [0.29, 0.717) is 0 Å². The van der Waals surface area contributed by atoms with Gasteiger partial charge in [0.15, 0.2) is 0 Å². The lowest BCUT2D eigenvalue weighted by atomic mass is 10.1. The van der Waals surface area contributed by atoms with Crippen LogP contribution in [0.3, 0.4) is 0 Å². The Bertz CT molecular complexity index is 719. The minimum absolute atomic E-state index is 0.738. The molecule has 20 heavy (non-hydrogen) atoms. The van der Waals surface area contributed by atoms with Crippen LogP contribution in [0, 0.1) is 0 Å². The molecule has 0 spiro atoms. The summed E-state index contributed by atoms with van der Waals surface area (Å²) in [5.74, 6) is 0. The first-order valence-electron chi connectivity index (χ1n) is 6.24. The molecule has 0 aliphatic rings. The smallest absolute Gasteiger partial charge is 0.0659 e. The maximum Gasteiger partial charge on any atom is 0.0659 e. The summed E-state index contributed by atoms with van der Waals surface area (Å²) in [4.78, 5) is 0. The Morgan fingerprint density at radius 1 is 1.05 bits per heavy atom. The number of rotatable bonds is 3. The summed E-state index contributed by atoms with van der Waals surface area (Å²) in [6.07, 6.45) is 3.94. The van der Waals surface area contributed by atoms with Crippen molar-refractivity contribution in [3.05, 3.63) is 76.0 Å². The van der Waals surface area contributed by atoms with Gasteiger partial charge in [-0.2, -0.15) is 5.10 Å². The Morgan fingerprint density at radius 2 is 1.80 bits per heavy atom. The van der Waals surface area contributed by atoms with Crippen molar-refractivity contribution in [2.24, 2.45) is 0 Å². The molecule has 0 unspecified atom stereocenters. The van der Waals surface area contributed by atoms with Gasteiger partial charge in [-0.1, -0.05) is 57.9 Å². The number of aromatic nitrogens is 2. The predicted molar refractivity (Wildman–Crippen MR) is 85.9 cm³/mol. The Hall–Kier alpha value is -1.58. The molecule has 0 saturated heterocycles. The molecular formula is C16H12BrClN2. The SMILES string of the molecule is Clc1ccc(Cn2cc(-c3ccccc3Br)cn2)cc1. The lowest BCUT2D eigenvalue weighted by Gasteiger charge is -2.02. The molecule has 0 radical (unpaired) electrons. The predicted octanol–water partition coefficient (Wildman–Crippen LogP) is 5.01. The molecule has 3 rings (SSSR count). The zero-order valence-corrected chi connectivity index (χ0v) is 13.0. The molecule has 0 amide bonds. The van der Waals surface area contributed by atoms with Crippen molar-refractivity contribution in [2.45, 2.75) is 6.54 Å². The van der Waals surface area contributed by atoms with E-state index in [1.165, 1.54) is 5.56 Å². The van der Waals surface area contributed by atoms with Gasteiger partial charge in [0.25, 0.3) is 0 Å². The van der Waals surface area contributed by atoms with Crippen LogP contribution in [0.5, 0.6) is 0 Å². The van der Waals surface area contributed by atoms with Crippen LogP contribution < -0.4 is 0 Å². The maximum atomic E-state index is 5.89. The first-order chi connectivity index (χ1) is 9.72. The van der Waals surface area contributed by atoms with Gasteiger partial charge in [-0.15, -0.1) is 0 Å². The highest BCUT2D eigenvalue weighted by molar-refractivity contribution is 9.10. The van der Waals surface area contributed by atoms with Crippen molar-refractivity contribution >= 4 is 27.5 Å². The van der Waals surface area contributed by atoms with Gasteiger partial charge in [0.05, 0.1) is 12.7 Å². The lowest BCUT2D eigenvalue weighted by Crippen LogP contribution is -1.99. The first-order valence-corrected chi connectivity index (χ1v) is 7.41. The van der Waals surface area contributed by atoms with Crippen LogP contribution in [-0.4, -0.2) is 9.78 Å². The average Bonchev–Trinajstić information content (AvgIpc) is 2.90. The fourth-order valence-electron chi connectivity index (χ4n) is 2.06. The van der Waals surface area contributed by atoms with E-state index in [1.807, 2.05) is 53.3 Å². The fraction of sp³-hybridized carbons (Fsp3) is 0.0625. The standard InChI is InChI=1S/C16H12BrClN2/c17-16-4-2-1-3-15(16)13-9-19-20(11-13)10-12-5-7-14(18)8-6-12/h1-9,11H,10H2. The summed E-state index contributed by atoms with van der Waals surface area (Å²) < 4.78 is 3.00. The van der Waals surface area contributed by atoms with E-state index in [4.69, 9.17) is 11.6 Å². The summed E-state index contributed by atoms with van der Waals surface area (Å²) in [7, 11) is 0. The van der Waals surface area contributed by atoms with Crippen molar-refractivity contribution in [3.63, 3.8) is 0 Å². The molecule has 0 aliphatic carbocycles. The van der Waals surface area contributed by atoms with Crippen molar-refractivity contribution in [1.29, 1.82) is 0 Å². The van der Waals surface area contributed by atoms with E-state index in [-0.39, 0.29) is 0 Å². The molecule has 100 valence electrons. The highest BCUT2D eigenvalue weighted by Crippen LogP contribution is 2.27. The second-order valence-corrected chi connectivity index (χ2v) is 5.82. The number of hydrogen-bond acceptors (Lipinski definition) is 1. The van der Waals surface area contributed by atoms with Crippen LogP contribution in [0.1, 0.15) is 5.56 Å². The lowest BCUT2D eigenvalue weighted by molar-refractivity contribution is 0.687. The number of hydrogen-bond donors (Lipinski definition) is 0. The monoisotopic (exact) mass is 346 g/mol. The second-order valence-electron chi connectivity index (χ2n) is 4.53. The van der Waals surface area contributed by atoms with Crippen molar-refractivity contribution < 1.29 is 0 Å². The van der Waals surface area contributed by atoms with E-state index in [0.717, 1.165) is 27.2 Å². The van der Waals surface area contributed by atoms with Crippen LogP contribution in [0.15, 0.2) is 65.4 Å². The fourth-order valence-corrected chi connectivity index (χ4v) is 2.70. The summed E-state index contributed by atoms with van der Waals surface area (Å²) >= 11 is 9.45. The van der Waals surface area contributed by atoms with Crippen molar-refractivity contribution in [1.82, 2.24) is 9.78 Å². The molecular weight excluding hydrogens is 336 g/mol. The van der Waals surface area contributed by atoms with Crippen LogP contribution >= 0.6 is 27.5 Å². The molecule has 2 aromatic carbocycles. The normalized spacial score (nSPS) is 10.7. The molecule has 4 heteroatoms. The van der Waals surface area contributed by atoms with Crippen molar-refractivity contribution in [2.75, 3.05) is 0 Å². The molecule has 0 N–H and O–H groups in total. The molecule has 0 aliphatic heterocycles. The van der Waals surface area contributed by atoms with Crippen molar-refractivity contribution in [3.8, 4) is 11.1 Å². The summed E-state index contributed by atoms with van der Waals surface area (Å²) in [6, 6.07) is 16.0. The highest BCUT2D eigenvalue weighted by atomic mass is 79.9. The molecule has 3 aromatic rings. The number of halogens is 2. The van der Waals surface area contributed by atoms with Crippen LogP contribution in [-0.2, 0) is 6.54 Å². The third-order valence-corrected chi connectivity index (χ3v) is 4.02. The average molecular weight is 348 g/mol. The van der Waals surface area contributed by atoms with Gasteiger partial charge < -0.3 is 0 Å². The van der Waals surface area contributed by atoms with E-state index < -0.39 is 0 Å². The number of benzene rings is 2. The first kappa shape index (κ1) is 13.4. The minimum Gasteiger partial charge on any atom is -0.268 e. The second kappa shape index (κ2) is 5.81. The van der Waals surface area contributed by atoms with Gasteiger partial charge in [-0.3, -0.25) is 4.68 Å². The van der Waals surface area contributed by atoms with E-state index in [2.05, 4.69) is 33.3 Å². The van der Waals surface area contributed by atoms with E-state index in [1.54, 1.807) is 0 Å². The van der Waals surface area contributed by atoms with Gasteiger partial charge in [-0.25, -0.2) is 0 Å². The molecule has 1 heterocycles. The largest absolute Gasteiger partial charge is 0.268 e. The van der Waals surface area contributed by atoms with Gasteiger partial charge in [0, 0.05) is 21.3 Å². The van der Waals surface area contributed by atoms with Crippen LogP contribution in [0.4, 0.5) is 0 Å². The van der Waals surface area contributed by atoms with Crippen LogP contribution in [0.2, 0.25) is 5.02 Å². The highest BCUT2D eigenvalue weighted by Gasteiger charge is 2.05. The molecule has 0 atom stereocenters. The minimum atomic E-state index is 0.738. The van der Waals surface area contributed by atoms with Gasteiger partial charge in [0.1, 0.15) is 0 Å². The Morgan fingerprint density at radius 3 is 2.55 bits per heavy atom. The summed E-state index contributed by atoms with van der Waals surface area (Å²) in [5, 5.41) is 5.17. The quantitative estimate of drug-likeness (QED) is 0.651. The van der Waals surface area contributed by atoms with Gasteiger partial charge >= 0.3 is 0 Å².